The molecule has 0 aliphatic carbocycles. The molecule has 1 saturated heterocycles. The van der Waals surface area contributed by atoms with Gasteiger partial charge >= 0.3 is 23.9 Å². The molecule has 0 amide bonds. The van der Waals surface area contributed by atoms with Gasteiger partial charge in [0.15, 0.2) is 12.4 Å². The van der Waals surface area contributed by atoms with E-state index in [2.05, 4.69) is 6.07 Å². The molecule has 1 rings (SSSR count). The van der Waals surface area contributed by atoms with Crippen LogP contribution < -0.4 is 0 Å². The summed E-state index contributed by atoms with van der Waals surface area (Å²) in [6, 6.07) is 2.20. The van der Waals surface area contributed by atoms with Gasteiger partial charge in [-0.05, 0) is 72.2 Å². The number of hydrogen-bond acceptors (Lipinski definition) is 14. The number of aliphatic carboxylic acids is 1. The van der Waals surface area contributed by atoms with Crippen LogP contribution in [0.2, 0.25) is 0 Å². The first-order valence-corrected chi connectivity index (χ1v) is 18.9. The molecule has 280 valence electrons. The second-order valence-corrected chi connectivity index (χ2v) is 17.7. The Labute approximate surface area is 306 Å². The number of nitriles is 1. The van der Waals surface area contributed by atoms with Crippen molar-refractivity contribution < 1.29 is 48.0 Å². The van der Waals surface area contributed by atoms with E-state index in [0.29, 0.717) is 15.8 Å². The smallest absolute Gasteiger partial charge is 0.322 e. The van der Waals surface area contributed by atoms with Gasteiger partial charge < -0.3 is 33.7 Å². The molecule has 0 aromatic heterocycles. The van der Waals surface area contributed by atoms with Crippen LogP contribution in [0, 0.1) is 34.0 Å². The molecule has 49 heavy (non-hydrogen) atoms. The van der Waals surface area contributed by atoms with Gasteiger partial charge in [0.25, 0.3) is 0 Å². The van der Waals surface area contributed by atoms with Crippen molar-refractivity contribution in [2.45, 2.75) is 111 Å². The van der Waals surface area contributed by atoms with E-state index in [9.17, 15) is 29.5 Å². The van der Waals surface area contributed by atoms with E-state index < -0.39 is 51.8 Å². The monoisotopic (exact) mass is 748 g/mol. The highest BCUT2D eigenvalue weighted by Crippen LogP contribution is 2.48. The summed E-state index contributed by atoms with van der Waals surface area (Å²) >= 11 is 8.08. The van der Waals surface area contributed by atoms with Gasteiger partial charge in [-0.25, -0.2) is 0 Å². The van der Waals surface area contributed by atoms with Crippen molar-refractivity contribution in [1.29, 1.82) is 5.26 Å². The highest BCUT2D eigenvalue weighted by Gasteiger charge is 2.51. The molecule has 0 radical (unpaired) electrons. The fourth-order valence-electron chi connectivity index (χ4n) is 6.02. The molecular formula is C34H56N2O10S3. The van der Waals surface area contributed by atoms with Gasteiger partial charge in [-0.3, -0.25) is 19.2 Å². The lowest BCUT2D eigenvalue weighted by Gasteiger charge is -2.43. The van der Waals surface area contributed by atoms with Crippen molar-refractivity contribution in [2.24, 2.45) is 22.7 Å². The number of carboxylic acids is 1. The summed E-state index contributed by atoms with van der Waals surface area (Å²) in [6.45, 7) is 14.5. The summed E-state index contributed by atoms with van der Waals surface area (Å²) in [5, 5.41) is 19.5. The van der Waals surface area contributed by atoms with Crippen LogP contribution in [-0.4, -0.2) is 107 Å². The number of rotatable bonds is 20. The second kappa shape index (κ2) is 20.8. The van der Waals surface area contributed by atoms with Crippen LogP contribution in [-0.2, 0) is 42.9 Å². The summed E-state index contributed by atoms with van der Waals surface area (Å²) in [7, 11) is 3.71. The fourth-order valence-corrected chi connectivity index (χ4v) is 9.21. The van der Waals surface area contributed by atoms with E-state index in [0.717, 1.165) is 18.2 Å². The Bertz CT molecular complexity index is 1180. The van der Waals surface area contributed by atoms with Crippen molar-refractivity contribution in [3.63, 3.8) is 0 Å². The standard InChI is InChI=1S/C34H56N2O10S3/c1-11-25-22(3)23(4)27(45-24(5)37)28(46-25)42-17-18-44-29(40)33(7,19-32(6,21-35)14-13-26(38)39)20-34(8,49-31(47)48-12-2)30(41)43-16-15-36(9)10/h22-23,25,27-28H,11-20H2,1-10H3,(H,38,39). The second-order valence-electron chi connectivity index (χ2n) is 13.7. The first-order valence-electron chi connectivity index (χ1n) is 16.7. The molecule has 1 heterocycles. The number of esters is 3. The van der Waals surface area contributed by atoms with E-state index >= 15 is 0 Å². The molecule has 0 aromatic rings. The SMILES string of the molecule is CCSC(=S)SC(C)(CC(C)(CC(C)(C#N)CCC(=O)O)C(=O)OCCOC1OC(CC)C(C)C(C)C1OC(C)=O)C(=O)OCCN(C)C. The Kier molecular flexibility index (Phi) is 19.1. The molecule has 0 spiro atoms. The Hall–Kier alpha value is -1.96. The highest BCUT2D eigenvalue weighted by molar-refractivity contribution is 8.47. The average Bonchev–Trinajstić information content (AvgIpc) is 3.00. The van der Waals surface area contributed by atoms with E-state index in [-0.39, 0.29) is 63.4 Å². The third-order valence-electron chi connectivity index (χ3n) is 8.75. The minimum atomic E-state index is -1.45. The number of thiocarbonyl (C=S) groups is 1. The average molecular weight is 749 g/mol. The lowest BCUT2D eigenvalue weighted by atomic mass is 9.68. The van der Waals surface area contributed by atoms with E-state index in [1.807, 2.05) is 46.7 Å². The summed E-state index contributed by atoms with van der Waals surface area (Å²) in [4.78, 5) is 52.9. The van der Waals surface area contributed by atoms with E-state index in [4.69, 9.17) is 35.9 Å². The van der Waals surface area contributed by atoms with Gasteiger partial charge in [-0.1, -0.05) is 51.7 Å². The van der Waals surface area contributed by atoms with Gasteiger partial charge in [0.05, 0.1) is 29.6 Å². The summed E-state index contributed by atoms with van der Waals surface area (Å²) in [5.74, 6) is -2.03. The van der Waals surface area contributed by atoms with Crippen LogP contribution in [0.4, 0.5) is 0 Å². The predicted molar refractivity (Wildman–Crippen MR) is 194 cm³/mol. The number of nitrogens with zero attached hydrogens (tertiary/aromatic N) is 2. The molecule has 1 aliphatic rings. The number of ether oxygens (including phenoxy) is 5. The lowest BCUT2D eigenvalue weighted by molar-refractivity contribution is -0.276. The van der Waals surface area contributed by atoms with Gasteiger partial charge in [0.1, 0.15) is 21.5 Å². The Morgan fingerprint density at radius 2 is 1.63 bits per heavy atom. The van der Waals surface area contributed by atoms with Crippen molar-refractivity contribution in [1.82, 2.24) is 4.90 Å². The molecule has 0 saturated carbocycles. The number of thioether (sulfide) groups is 2. The molecule has 8 atom stereocenters. The molecule has 1 N–H and O–H groups in total. The van der Waals surface area contributed by atoms with Crippen molar-refractivity contribution in [2.75, 3.05) is 46.2 Å². The van der Waals surface area contributed by atoms with E-state index in [1.54, 1.807) is 20.8 Å². The molecule has 0 bridgehead atoms. The predicted octanol–water partition coefficient (Wildman–Crippen LogP) is 5.70. The van der Waals surface area contributed by atoms with Gasteiger partial charge in [0, 0.05) is 25.8 Å². The van der Waals surface area contributed by atoms with Gasteiger partial charge in [0.2, 0.25) is 0 Å². The summed E-state index contributed by atoms with van der Waals surface area (Å²) in [6.07, 6.45) is -1.38. The van der Waals surface area contributed by atoms with Gasteiger partial charge in [-0.2, -0.15) is 5.26 Å². The van der Waals surface area contributed by atoms with Gasteiger partial charge in [-0.15, -0.1) is 11.8 Å². The fraction of sp³-hybridized carbons (Fsp3) is 0.824. The summed E-state index contributed by atoms with van der Waals surface area (Å²) < 4.78 is 28.3. The highest BCUT2D eigenvalue weighted by atomic mass is 32.2. The van der Waals surface area contributed by atoms with Crippen LogP contribution in [0.5, 0.6) is 0 Å². The molecule has 8 unspecified atom stereocenters. The zero-order valence-corrected chi connectivity index (χ0v) is 33.1. The van der Waals surface area contributed by atoms with Crippen LogP contribution in [0.3, 0.4) is 0 Å². The molecule has 1 aliphatic heterocycles. The zero-order valence-electron chi connectivity index (χ0n) is 30.7. The quantitative estimate of drug-likeness (QED) is 0.0698. The molecule has 15 heteroatoms. The zero-order chi connectivity index (χ0) is 37.6. The Morgan fingerprint density at radius 3 is 2.16 bits per heavy atom. The number of carboxylic acid groups (broad SMARTS) is 1. The minimum absolute atomic E-state index is 0.0161. The first-order chi connectivity index (χ1) is 22.8. The molecule has 1 fully saturated rings. The number of hydrogen-bond donors (Lipinski definition) is 1. The van der Waals surface area contributed by atoms with Crippen molar-refractivity contribution in [3.05, 3.63) is 0 Å². The number of carbonyl (C=O) groups excluding carboxylic acids is 3. The summed E-state index contributed by atoms with van der Waals surface area (Å²) in [5.41, 5.74) is -2.69. The molecular weight excluding hydrogens is 693 g/mol. The molecule has 12 nitrogen and oxygen atoms in total. The number of likely N-dealkylation sites (N-methyl/N-ethyl adjacent to an activating group) is 1. The Morgan fingerprint density at radius 1 is 1.00 bits per heavy atom. The largest absolute Gasteiger partial charge is 0.481 e. The van der Waals surface area contributed by atoms with Crippen LogP contribution in [0.1, 0.15) is 87.5 Å². The van der Waals surface area contributed by atoms with Crippen LogP contribution >= 0.6 is 35.7 Å². The normalized spacial score (nSPS) is 24.4. The lowest BCUT2D eigenvalue weighted by Crippen LogP contribution is -2.52. The minimum Gasteiger partial charge on any atom is -0.481 e. The van der Waals surface area contributed by atoms with E-state index in [1.165, 1.54) is 18.7 Å². The topological polar surface area (TPSA) is 162 Å². The maximum Gasteiger partial charge on any atom is 0.322 e. The maximum absolute atomic E-state index is 14.1. The van der Waals surface area contributed by atoms with Crippen molar-refractivity contribution >= 4 is 63.1 Å². The van der Waals surface area contributed by atoms with Crippen molar-refractivity contribution in [3.8, 4) is 6.07 Å². The first kappa shape index (κ1) is 45.1. The Balaban J connectivity index is 3.34. The molecule has 0 aromatic carbocycles. The third-order valence-corrected chi connectivity index (χ3v) is 11.4. The van der Waals surface area contributed by atoms with Crippen LogP contribution in [0.25, 0.3) is 0 Å². The third kappa shape index (κ3) is 14.7. The maximum atomic E-state index is 14.1. The number of carbonyl (C=O) groups is 4. The van der Waals surface area contributed by atoms with Crippen LogP contribution in [0.15, 0.2) is 0 Å².